The van der Waals surface area contributed by atoms with E-state index in [9.17, 15) is 0 Å². The van der Waals surface area contributed by atoms with Crippen molar-refractivity contribution in [1.82, 2.24) is 20.5 Å². The number of rotatable bonds is 7. The van der Waals surface area contributed by atoms with E-state index in [1.54, 1.807) is 0 Å². The molecule has 0 aromatic carbocycles. The van der Waals surface area contributed by atoms with Crippen LogP contribution in [0.25, 0.3) is 0 Å². The van der Waals surface area contributed by atoms with Crippen LogP contribution in [0.2, 0.25) is 0 Å². The van der Waals surface area contributed by atoms with Gasteiger partial charge in [0.2, 0.25) is 0 Å². The van der Waals surface area contributed by atoms with E-state index in [1.165, 1.54) is 45.3 Å². The number of piperidine rings is 1. The Morgan fingerprint density at radius 1 is 1.26 bits per heavy atom. The molecule has 2 rings (SSSR count). The molecule has 0 aliphatic carbocycles. The molecule has 128 valence electrons. The second kappa shape index (κ2) is 10.2. The molecule has 23 heavy (non-hydrogen) atoms. The Hall–Kier alpha value is -1.62. The predicted octanol–water partition coefficient (Wildman–Crippen LogP) is 2.26. The van der Waals surface area contributed by atoms with Crippen molar-refractivity contribution in [2.45, 2.75) is 39.2 Å². The van der Waals surface area contributed by atoms with E-state index in [0.29, 0.717) is 6.54 Å². The fourth-order valence-corrected chi connectivity index (χ4v) is 2.85. The number of aromatic nitrogens is 1. The first-order chi connectivity index (χ1) is 11.3. The van der Waals surface area contributed by atoms with Gasteiger partial charge >= 0.3 is 0 Å². The highest BCUT2D eigenvalue weighted by Gasteiger charge is 2.14. The van der Waals surface area contributed by atoms with Gasteiger partial charge in [-0.1, -0.05) is 13.0 Å². The number of hydrogen-bond acceptors (Lipinski definition) is 3. The minimum Gasteiger partial charge on any atom is -0.356 e. The summed E-state index contributed by atoms with van der Waals surface area (Å²) in [6, 6.07) is 5.95. The van der Waals surface area contributed by atoms with Crippen LogP contribution < -0.4 is 10.6 Å². The van der Waals surface area contributed by atoms with Crippen molar-refractivity contribution in [3.05, 3.63) is 30.1 Å². The number of likely N-dealkylation sites (tertiary alicyclic amines) is 1. The maximum atomic E-state index is 4.30. The normalized spacial score (nSPS) is 17.2. The molecule has 5 nitrogen and oxygen atoms in total. The maximum absolute atomic E-state index is 4.30. The lowest BCUT2D eigenvalue weighted by molar-refractivity contribution is 0.189. The van der Waals surface area contributed by atoms with Crippen LogP contribution in [0.4, 0.5) is 0 Å². The topological polar surface area (TPSA) is 52.6 Å². The third kappa shape index (κ3) is 6.99. The average molecular weight is 317 g/mol. The van der Waals surface area contributed by atoms with Gasteiger partial charge < -0.3 is 15.5 Å². The van der Waals surface area contributed by atoms with Crippen LogP contribution >= 0.6 is 0 Å². The number of aliphatic imine (C=N–C) groups is 1. The molecule has 0 spiro atoms. The molecule has 2 heterocycles. The number of nitrogens with zero attached hydrogens (tertiary/aromatic N) is 3. The summed E-state index contributed by atoms with van der Waals surface area (Å²) in [7, 11) is 1.81. The van der Waals surface area contributed by atoms with Crippen LogP contribution in [0.15, 0.2) is 29.4 Å². The van der Waals surface area contributed by atoms with Crippen LogP contribution in [-0.2, 0) is 6.54 Å². The molecule has 0 atom stereocenters. The van der Waals surface area contributed by atoms with E-state index >= 15 is 0 Å². The standard InChI is InChI=1S/C18H31N5/c1-16-8-13-23(14-9-16)12-6-5-11-21-18(19-2)22-15-17-7-3-4-10-20-17/h3-4,7,10,16H,5-6,8-9,11-15H2,1-2H3,(H2,19,21,22). The van der Waals surface area contributed by atoms with E-state index in [0.717, 1.165) is 24.1 Å². The zero-order valence-electron chi connectivity index (χ0n) is 14.6. The Morgan fingerprint density at radius 3 is 2.78 bits per heavy atom. The van der Waals surface area contributed by atoms with Gasteiger partial charge in [-0.25, -0.2) is 0 Å². The lowest BCUT2D eigenvalue weighted by Gasteiger charge is -2.30. The fourth-order valence-electron chi connectivity index (χ4n) is 2.85. The maximum Gasteiger partial charge on any atom is 0.191 e. The molecule has 2 N–H and O–H groups in total. The highest BCUT2D eigenvalue weighted by Crippen LogP contribution is 2.15. The van der Waals surface area contributed by atoms with Crippen molar-refractivity contribution >= 4 is 5.96 Å². The highest BCUT2D eigenvalue weighted by molar-refractivity contribution is 5.79. The lowest BCUT2D eigenvalue weighted by Crippen LogP contribution is -2.38. The van der Waals surface area contributed by atoms with Gasteiger partial charge in [-0.3, -0.25) is 9.98 Å². The Kier molecular flexibility index (Phi) is 7.87. The summed E-state index contributed by atoms with van der Waals surface area (Å²) in [5, 5.41) is 6.67. The summed E-state index contributed by atoms with van der Waals surface area (Å²) in [4.78, 5) is 11.2. The third-order valence-corrected chi connectivity index (χ3v) is 4.46. The molecule has 5 heteroatoms. The van der Waals surface area contributed by atoms with Crippen molar-refractivity contribution in [3.63, 3.8) is 0 Å². The van der Waals surface area contributed by atoms with Gasteiger partial charge in [0, 0.05) is 19.8 Å². The van der Waals surface area contributed by atoms with Gasteiger partial charge in [0.1, 0.15) is 0 Å². The van der Waals surface area contributed by atoms with Crippen LogP contribution in [-0.4, -0.2) is 49.1 Å². The summed E-state index contributed by atoms with van der Waals surface area (Å²) < 4.78 is 0. The molecular weight excluding hydrogens is 286 g/mol. The molecule has 0 saturated carbocycles. The monoisotopic (exact) mass is 317 g/mol. The average Bonchev–Trinajstić information content (AvgIpc) is 2.60. The Morgan fingerprint density at radius 2 is 2.09 bits per heavy atom. The van der Waals surface area contributed by atoms with Crippen molar-refractivity contribution < 1.29 is 0 Å². The molecule has 0 radical (unpaired) electrons. The largest absolute Gasteiger partial charge is 0.356 e. The second-order valence-electron chi connectivity index (χ2n) is 6.40. The zero-order chi connectivity index (χ0) is 16.3. The smallest absolute Gasteiger partial charge is 0.191 e. The van der Waals surface area contributed by atoms with E-state index in [2.05, 4.69) is 32.4 Å². The molecular formula is C18H31N5. The molecule has 0 unspecified atom stereocenters. The van der Waals surface area contributed by atoms with Crippen molar-refractivity contribution in [3.8, 4) is 0 Å². The van der Waals surface area contributed by atoms with Crippen LogP contribution in [0.3, 0.4) is 0 Å². The molecule has 1 fully saturated rings. The SMILES string of the molecule is CN=C(NCCCCN1CCC(C)CC1)NCc1ccccn1. The van der Waals surface area contributed by atoms with Gasteiger partial charge in [0.15, 0.2) is 5.96 Å². The van der Waals surface area contributed by atoms with Gasteiger partial charge in [0.05, 0.1) is 12.2 Å². The lowest BCUT2D eigenvalue weighted by atomic mass is 9.99. The van der Waals surface area contributed by atoms with E-state index < -0.39 is 0 Å². The Bertz CT molecular complexity index is 452. The number of guanidine groups is 1. The van der Waals surface area contributed by atoms with Crippen molar-refractivity contribution in [2.75, 3.05) is 33.2 Å². The molecule has 1 aromatic rings. The minimum absolute atomic E-state index is 0.701. The number of nitrogens with one attached hydrogen (secondary N) is 2. The fraction of sp³-hybridized carbons (Fsp3) is 0.667. The molecule has 0 bridgehead atoms. The van der Waals surface area contributed by atoms with E-state index in [-0.39, 0.29) is 0 Å². The summed E-state index contributed by atoms with van der Waals surface area (Å²) >= 11 is 0. The Labute approximate surface area is 140 Å². The van der Waals surface area contributed by atoms with Crippen LogP contribution in [0.5, 0.6) is 0 Å². The Balaban J connectivity index is 1.54. The number of unbranched alkanes of at least 4 members (excludes halogenated alkanes) is 1. The van der Waals surface area contributed by atoms with E-state index in [4.69, 9.17) is 0 Å². The van der Waals surface area contributed by atoms with E-state index in [1.807, 2.05) is 31.4 Å². The second-order valence-corrected chi connectivity index (χ2v) is 6.40. The summed E-state index contributed by atoms with van der Waals surface area (Å²) in [5.41, 5.74) is 1.02. The van der Waals surface area contributed by atoms with Gasteiger partial charge in [-0.2, -0.15) is 0 Å². The third-order valence-electron chi connectivity index (χ3n) is 4.46. The van der Waals surface area contributed by atoms with Crippen molar-refractivity contribution in [1.29, 1.82) is 0 Å². The van der Waals surface area contributed by atoms with Crippen LogP contribution in [0, 0.1) is 5.92 Å². The van der Waals surface area contributed by atoms with Crippen LogP contribution in [0.1, 0.15) is 38.3 Å². The van der Waals surface area contributed by atoms with Gasteiger partial charge in [-0.15, -0.1) is 0 Å². The summed E-state index contributed by atoms with van der Waals surface area (Å²) in [6.07, 6.45) is 6.97. The molecule has 1 aromatic heterocycles. The first-order valence-corrected chi connectivity index (χ1v) is 8.84. The quantitative estimate of drug-likeness (QED) is 0.460. The predicted molar refractivity (Wildman–Crippen MR) is 96.5 cm³/mol. The molecule has 0 amide bonds. The first-order valence-electron chi connectivity index (χ1n) is 8.84. The minimum atomic E-state index is 0.701. The molecule has 1 saturated heterocycles. The van der Waals surface area contributed by atoms with Crippen molar-refractivity contribution in [2.24, 2.45) is 10.9 Å². The number of pyridine rings is 1. The highest BCUT2D eigenvalue weighted by atomic mass is 15.2. The molecule has 1 aliphatic heterocycles. The zero-order valence-corrected chi connectivity index (χ0v) is 14.6. The van der Waals surface area contributed by atoms with Gasteiger partial charge in [-0.05, 0) is 63.4 Å². The number of hydrogen-bond donors (Lipinski definition) is 2. The summed E-state index contributed by atoms with van der Waals surface area (Å²) in [6.45, 7) is 7.82. The molecule has 1 aliphatic rings. The first kappa shape index (κ1) is 17.7. The van der Waals surface area contributed by atoms with Gasteiger partial charge in [0.25, 0.3) is 0 Å². The summed E-state index contributed by atoms with van der Waals surface area (Å²) in [5.74, 6) is 1.77.